The van der Waals surface area contributed by atoms with Gasteiger partial charge in [-0.1, -0.05) is 34.4 Å². The van der Waals surface area contributed by atoms with E-state index in [2.05, 4.69) is 14.2 Å². The maximum atomic E-state index is 14.8. The summed E-state index contributed by atoms with van der Waals surface area (Å²) >= 11 is 0. The van der Waals surface area contributed by atoms with E-state index < -0.39 is 5.67 Å². The molecule has 32 heavy (non-hydrogen) atoms. The molecule has 1 aliphatic carbocycles. The average Bonchev–Trinajstić information content (AvgIpc) is 2.87. The molecule has 6 nitrogen and oxygen atoms in total. The van der Waals surface area contributed by atoms with E-state index in [4.69, 9.17) is 26.9 Å². The van der Waals surface area contributed by atoms with Crippen LogP contribution in [-0.2, 0) is 11.3 Å². The second kappa shape index (κ2) is 16.4. The number of nitrogens with two attached hydrogens (primary N) is 3. The van der Waals surface area contributed by atoms with E-state index >= 15 is 0 Å². The first-order valence-electron chi connectivity index (χ1n) is 11.9. The third-order valence-electron chi connectivity index (χ3n) is 5.53. The highest BCUT2D eigenvalue weighted by Crippen LogP contribution is 2.32. The number of hydrogen-bond acceptors (Lipinski definition) is 5. The maximum Gasteiger partial charge on any atom is 0.130 e. The Morgan fingerprint density at radius 2 is 1.81 bits per heavy atom. The number of hydrogen-bond donors (Lipinski definition) is 3. The summed E-state index contributed by atoms with van der Waals surface area (Å²) < 4.78 is 20.7. The van der Waals surface area contributed by atoms with E-state index in [9.17, 15) is 4.39 Å². The molecule has 6 N–H and O–H groups in total. The van der Waals surface area contributed by atoms with Gasteiger partial charge in [-0.25, -0.2) is 10.3 Å². The minimum Gasteiger partial charge on any atom is -0.487 e. The largest absolute Gasteiger partial charge is 0.487 e. The van der Waals surface area contributed by atoms with E-state index in [0.717, 1.165) is 29.7 Å². The van der Waals surface area contributed by atoms with Gasteiger partial charge < -0.3 is 16.2 Å². The smallest absolute Gasteiger partial charge is 0.130 e. The third kappa shape index (κ3) is 9.30. The van der Waals surface area contributed by atoms with Crippen molar-refractivity contribution in [1.82, 2.24) is 0 Å². The fraction of sp³-hybridized carbons (Fsp3) is 0.708. The number of ether oxygens (including phenoxy) is 1. The molecule has 3 atom stereocenters. The van der Waals surface area contributed by atoms with Crippen molar-refractivity contribution >= 4 is 15.1 Å². The van der Waals surface area contributed by atoms with Crippen LogP contribution in [0.5, 0.6) is 5.75 Å². The average molecular weight is 473 g/mol. The van der Waals surface area contributed by atoms with Gasteiger partial charge in [0.15, 0.2) is 0 Å². The Bertz CT molecular complexity index is 667. The van der Waals surface area contributed by atoms with Crippen LogP contribution in [-0.4, -0.2) is 43.0 Å². The molecular weight excluding hydrogens is 426 g/mol. The van der Waals surface area contributed by atoms with E-state index in [1.807, 2.05) is 59.5 Å². The molecule has 2 aliphatic rings. The normalized spacial score (nSPS) is 25.2. The molecule has 1 heterocycles. The summed E-state index contributed by atoms with van der Waals surface area (Å²) in [4.78, 5) is 9.19. The van der Waals surface area contributed by atoms with Gasteiger partial charge in [0, 0.05) is 11.6 Å². The van der Waals surface area contributed by atoms with Crippen LogP contribution in [0.2, 0.25) is 0 Å². The molecule has 0 radical (unpaired) electrons. The van der Waals surface area contributed by atoms with Crippen LogP contribution in [0.4, 0.5) is 4.39 Å². The van der Waals surface area contributed by atoms with Gasteiger partial charge in [-0.3, -0.25) is 9.83 Å². The zero-order valence-corrected chi connectivity index (χ0v) is 22.0. The number of alkyl halides is 1. The fourth-order valence-electron chi connectivity index (χ4n) is 3.62. The fourth-order valence-corrected chi connectivity index (χ4v) is 3.62. The van der Waals surface area contributed by atoms with Gasteiger partial charge in [0.2, 0.25) is 0 Å². The second-order valence-corrected chi connectivity index (χ2v) is 7.55. The Morgan fingerprint density at radius 3 is 2.38 bits per heavy atom. The van der Waals surface area contributed by atoms with Crippen molar-refractivity contribution < 1.29 is 14.0 Å². The second-order valence-electron chi connectivity index (χ2n) is 7.55. The number of amidine groups is 1. The zero-order valence-electron chi connectivity index (χ0n) is 20.9. The number of aliphatic imine (C=N–C) groups is 1. The topological polar surface area (TPSA) is 109 Å². The molecule has 0 aromatic heterocycles. The van der Waals surface area contributed by atoms with Gasteiger partial charge in [0.05, 0.1) is 6.54 Å². The predicted molar refractivity (Wildman–Crippen MR) is 138 cm³/mol. The van der Waals surface area contributed by atoms with Crippen LogP contribution in [0.1, 0.15) is 77.8 Å². The molecular formula is C24H46FN4O2P. The molecule has 0 bridgehead atoms. The first kappa shape index (κ1) is 30.7. The van der Waals surface area contributed by atoms with Crippen molar-refractivity contribution in [3.63, 3.8) is 0 Å². The van der Waals surface area contributed by atoms with Gasteiger partial charge in [-0.15, -0.1) is 9.24 Å². The standard InChI is InChI=1S/C19H29FN4O2.2C2H6.CH5P/c1-12(26-23)16-4-2-13-10-14(3-5-17(13)25-16)18(22)24-11-19(20)8-6-15(21)7-9-19;3*1-2/h3,5,10,12,15-16H,2,4,6-9,11,21,23H2,1H3,(H2,22,24);2*1-2H3;2H2,1H3. The lowest BCUT2D eigenvalue weighted by Gasteiger charge is -2.31. The van der Waals surface area contributed by atoms with Crippen molar-refractivity contribution in [2.45, 2.75) is 97.1 Å². The summed E-state index contributed by atoms with van der Waals surface area (Å²) in [6.45, 7) is 11.9. The van der Waals surface area contributed by atoms with Crippen LogP contribution in [0.25, 0.3) is 0 Å². The van der Waals surface area contributed by atoms with E-state index in [1.165, 1.54) is 0 Å². The minimum atomic E-state index is -1.29. The van der Waals surface area contributed by atoms with Crippen molar-refractivity contribution in [3.8, 4) is 5.75 Å². The first-order chi connectivity index (χ1) is 15.4. The zero-order chi connectivity index (χ0) is 24.7. The monoisotopic (exact) mass is 472 g/mol. The lowest BCUT2D eigenvalue weighted by Crippen LogP contribution is -2.38. The quantitative estimate of drug-likeness (QED) is 0.253. The highest BCUT2D eigenvalue weighted by atomic mass is 31.0. The number of nitrogens with zero attached hydrogens (tertiary/aromatic N) is 1. The Kier molecular flexibility index (Phi) is 15.7. The van der Waals surface area contributed by atoms with Crippen LogP contribution >= 0.6 is 9.24 Å². The van der Waals surface area contributed by atoms with Crippen LogP contribution in [0.3, 0.4) is 0 Å². The van der Waals surface area contributed by atoms with Gasteiger partial charge in [-0.2, -0.15) is 0 Å². The molecule has 0 spiro atoms. The molecule has 1 aromatic rings. The molecule has 1 aliphatic heterocycles. The van der Waals surface area contributed by atoms with Gasteiger partial charge >= 0.3 is 0 Å². The Hall–Kier alpha value is -1.27. The lowest BCUT2D eigenvalue weighted by molar-refractivity contribution is -0.0238. The van der Waals surface area contributed by atoms with Gasteiger partial charge in [0.25, 0.3) is 0 Å². The van der Waals surface area contributed by atoms with Gasteiger partial charge in [-0.05, 0) is 69.2 Å². The number of rotatable bonds is 5. The molecule has 3 rings (SSSR count). The third-order valence-corrected chi connectivity index (χ3v) is 5.53. The number of benzene rings is 1. The van der Waals surface area contributed by atoms with E-state index in [0.29, 0.717) is 31.5 Å². The van der Waals surface area contributed by atoms with E-state index in [-0.39, 0.29) is 24.8 Å². The summed E-state index contributed by atoms with van der Waals surface area (Å²) in [5.74, 6) is 6.42. The summed E-state index contributed by atoms with van der Waals surface area (Å²) in [5, 5.41) is 0. The van der Waals surface area contributed by atoms with Crippen LogP contribution in [0, 0.1) is 0 Å². The van der Waals surface area contributed by atoms with Crippen molar-refractivity contribution in [2.75, 3.05) is 13.2 Å². The highest BCUT2D eigenvalue weighted by molar-refractivity contribution is 7.15. The highest BCUT2D eigenvalue weighted by Gasteiger charge is 2.34. The lowest BCUT2D eigenvalue weighted by atomic mass is 9.84. The molecule has 0 amide bonds. The van der Waals surface area contributed by atoms with Crippen LogP contribution in [0.15, 0.2) is 23.2 Å². The molecule has 1 fully saturated rings. The molecule has 1 saturated carbocycles. The van der Waals surface area contributed by atoms with Gasteiger partial charge in [0.1, 0.15) is 29.5 Å². The van der Waals surface area contributed by atoms with Crippen molar-refractivity contribution in [1.29, 1.82) is 0 Å². The van der Waals surface area contributed by atoms with Crippen molar-refractivity contribution in [3.05, 3.63) is 29.3 Å². The summed E-state index contributed by atoms with van der Waals surface area (Å²) in [5.41, 5.74) is 12.5. The SMILES string of the molecule is CC.CC.CC(ON)C1CCc2cc(C(N)=NCC3(F)CCC(N)CC3)ccc2O1.CP. The number of aryl methyl sites for hydroxylation is 1. The molecule has 8 heteroatoms. The Morgan fingerprint density at radius 1 is 1.22 bits per heavy atom. The number of fused-ring (bicyclic) bond motifs is 1. The summed E-state index contributed by atoms with van der Waals surface area (Å²) in [6, 6.07) is 5.82. The van der Waals surface area contributed by atoms with Crippen LogP contribution < -0.4 is 22.1 Å². The Labute approximate surface area is 197 Å². The Balaban J connectivity index is 0.00000148. The maximum absolute atomic E-state index is 14.8. The number of halogens is 1. The van der Waals surface area contributed by atoms with Crippen molar-refractivity contribution in [2.24, 2.45) is 22.4 Å². The molecule has 0 saturated heterocycles. The molecule has 3 unspecified atom stereocenters. The minimum absolute atomic E-state index is 0.0616. The summed E-state index contributed by atoms with van der Waals surface area (Å²) in [6.07, 6.45) is 3.74. The summed E-state index contributed by atoms with van der Waals surface area (Å²) in [7, 11) is 2.42. The first-order valence-corrected chi connectivity index (χ1v) is 13.0. The molecule has 186 valence electrons. The predicted octanol–water partition coefficient (Wildman–Crippen LogP) is 4.52. The van der Waals surface area contributed by atoms with E-state index in [1.54, 1.807) is 0 Å². The molecule has 1 aromatic carbocycles.